The Hall–Kier alpha value is -2.17. The van der Waals surface area contributed by atoms with E-state index in [1.807, 2.05) is 38.1 Å². The van der Waals surface area contributed by atoms with Gasteiger partial charge in [0.15, 0.2) is 0 Å². The molecule has 0 aromatic heterocycles. The van der Waals surface area contributed by atoms with Gasteiger partial charge in [0.25, 0.3) is 0 Å². The van der Waals surface area contributed by atoms with Crippen molar-refractivity contribution in [2.75, 3.05) is 19.6 Å². The van der Waals surface area contributed by atoms with Gasteiger partial charge in [-0.3, -0.25) is 0 Å². The van der Waals surface area contributed by atoms with Gasteiger partial charge in [-0.15, -0.1) is 0 Å². The van der Waals surface area contributed by atoms with Crippen molar-refractivity contribution < 1.29 is 35.3 Å². The molecule has 1 aliphatic heterocycles. The van der Waals surface area contributed by atoms with Crippen LogP contribution in [-0.2, 0) is 21.1 Å². The van der Waals surface area contributed by atoms with Crippen LogP contribution in [0.2, 0.25) is 0 Å². The Balaban J connectivity index is 1.74. The van der Waals surface area contributed by atoms with Gasteiger partial charge in [0, 0.05) is 18.0 Å². The minimum absolute atomic E-state index is 0.361. The summed E-state index contributed by atoms with van der Waals surface area (Å²) in [6, 6.07) is 10.5. The Bertz CT molecular complexity index is 1200. The van der Waals surface area contributed by atoms with Crippen LogP contribution in [0.5, 0.6) is 5.75 Å². The third kappa shape index (κ3) is 5.81. The number of rotatable bonds is 9. The van der Waals surface area contributed by atoms with Crippen LogP contribution in [0, 0.1) is 11.7 Å². The zero-order valence-electron chi connectivity index (χ0n) is 21.0. The van der Waals surface area contributed by atoms with E-state index in [2.05, 4.69) is 9.08 Å². The van der Waals surface area contributed by atoms with Crippen LogP contribution in [0.4, 0.5) is 17.6 Å². The zero-order valence-corrected chi connectivity index (χ0v) is 21.8. The molecule has 2 aromatic rings. The SMILES string of the molecule is CCC(O)(CC)c1ccc(C2(c3cc(F)cc(OS(=O)(=O)C(F)(F)F)c3)CCN(CC3CC3)CC2)cc1. The number of nitrogens with zero attached hydrogens (tertiary/aromatic N) is 1. The van der Waals surface area contributed by atoms with Gasteiger partial charge >= 0.3 is 15.6 Å². The van der Waals surface area contributed by atoms with Crippen molar-refractivity contribution in [3.63, 3.8) is 0 Å². The first-order valence-electron chi connectivity index (χ1n) is 12.7. The molecule has 2 fully saturated rings. The fourth-order valence-electron chi connectivity index (χ4n) is 5.35. The van der Waals surface area contributed by atoms with Gasteiger partial charge in [0.05, 0.1) is 5.60 Å². The molecule has 1 heterocycles. The van der Waals surface area contributed by atoms with Crippen molar-refractivity contribution in [1.82, 2.24) is 4.90 Å². The summed E-state index contributed by atoms with van der Waals surface area (Å²) in [6.07, 6.45) is 4.61. The first-order chi connectivity index (χ1) is 17.3. The molecule has 1 saturated heterocycles. The Kier molecular flexibility index (Phi) is 7.67. The molecule has 204 valence electrons. The second-order valence-corrected chi connectivity index (χ2v) is 11.8. The van der Waals surface area contributed by atoms with Gasteiger partial charge in [-0.05, 0) is 86.4 Å². The van der Waals surface area contributed by atoms with Gasteiger partial charge in [0.1, 0.15) is 11.6 Å². The quantitative estimate of drug-likeness (QED) is 0.244. The molecule has 10 heteroatoms. The Morgan fingerprint density at radius 2 is 1.59 bits per heavy atom. The average Bonchev–Trinajstić information content (AvgIpc) is 3.67. The van der Waals surface area contributed by atoms with Gasteiger partial charge in [0.2, 0.25) is 0 Å². The molecule has 0 atom stereocenters. The maximum absolute atomic E-state index is 14.7. The number of alkyl halides is 3. The Morgan fingerprint density at radius 1 is 1.00 bits per heavy atom. The number of piperidine rings is 1. The summed E-state index contributed by atoms with van der Waals surface area (Å²) in [4.78, 5) is 2.35. The third-order valence-electron chi connectivity index (χ3n) is 7.98. The molecule has 0 radical (unpaired) electrons. The molecular formula is C27H33F4NO4S. The third-order valence-corrected chi connectivity index (χ3v) is 8.96. The summed E-state index contributed by atoms with van der Waals surface area (Å²) < 4.78 is 81.0. The normalized spacial score (nSPS) is 19.1. The van der Waals surface area contributed by atoms with Gasteiger partial charge in [-0.1, -0.05) is 38.1 Å². The fraction of sp³-hybridized carbons (Fsp3) is 0.556. The van der Waals surface area contributed by atoms with Crippen LogP contribution in [0.1, 0.15) is 69.1 Å². The van der Waals surface area contributed by atoms with E-state index in [-0.39, 0.29) is 0 Å². The van der Waals surface area contributed by atoms with E-state index in [0.717, 1.165) is 17.7 Å². The summed E-state index contributed by atoms with van der Waals surface area (Å²) in [5, 5.41) is 10.9. The average molecular weight is 544 g/mol. The van der Waals surface area contributed by atoms with E-state index in [1.165, 1.54) is 25.0 Å². The smallest absolute Gasteiger partial charge is 0.385 e. The predicted octanol–water partition coefficient (Wildman–Crippen LogP) is 5.85. The van der Waals surface area contributed by atoms with Crippen molar-refractivity contribution in [2.24, 2.45) is 5.92 Å². The van der Waals surface area contributed by atoms with E-state index in [1.54, 1.807) is 0 Å². The van der Waals surface area contributed by atoms with Crippen LogP contribution in [0.3, 0.4) is 0 Å². The molecule has 0 unspecified atom stereocenters. The lowest BCUT2D eigenvalue weighted by atomic mass is 9.67. The maximum atomic E-state index is 14.7. The van der Waals surface area contributed by atoms with Crippen LogP contribution in [-0.4, -0.2) is 43.6 Å². The summed E-state index contributed by atoms with van der Waals surface area (Å²) in [5.74, 6) is -0.906. The van der Waals surface area contributed by atoms with Crippen molar-refractivity contribution in [1.29, 1.82) is 0 Å². The maximum Gasteiger partial charge on any atom is 0.534 e. The molecule has 0 bridgehead atoms. The van der Waals surface area contributed by atoms with Gasteiger partial charge in [-0.2, -0.15) is 21.6 Å². The largest absolute Gasteiger partial charge is 0.534 e. The van der Waals surface area contributed by atoms with Crippen molar-refractivity contribution in [2.45, 2.75) is 68.9 Å². The summed E-state index contributed by atoms with van der Waals surface area (Å²) >= 11 is 0. The van der Waals surface area contributed by atoms with Crippen LogP contribution >= 0.6 is 0 Å². The second-order valence-electron chi connectivity index (χ2n) is 10.3. The van der Waals surface area contributed by atoms with Gasteiger partial charge in [-0.25, -0.2) is 4.39 Å². The molecule has 5 nitrogen and oxygen atoms in total. The van der Waals surface area contributed by atoms with E-state index in [4.69, 9.17) is 0 Å². The Morgan fingerprint density at radius 3 is 2.11 bits per heavy atom. The lowest BCUT2D eigenvalue weighted by Gasteiger charge is -2.43. The van der Waals surface area contributed by atoms with E-state index in [9.17, 15) is 31.1 Å². The highest BCUT2D eigenvalue weighted by atomic mass is 32.2. The molecule has 2 aliphatic rings. The number of hydrogen-bond acceptors (Lipinski definition) is 5. The minimum Gasteiger partial charge on any atom is -0.385 e. The van der Waals surface area contributed by atoms with E-state index >= 15 is 0 Å². The molecule has 1 saturated carbocycles. The topological polar surface area (TPSA) is 66.8 Å². The highest BCUT2D eigenvalue weighted by Crippen LogP contribution is 2.45. The number of halogens is 4. The number of likely N-dealkylation sites (tertiary alicyclic amines) is 1. The molecule has 37 heavy (non-hydrogen) atoms. The highest BCUT2D eigenvalue weighted by molar-refractivity contribution is 7.88. The molecule has 1 N–H and O–H groups in total. The second kappa shape index (κ2) is 10.2. The monoisotopic (exact) mass is 543 g/mol. The van der Waals surface area contributed by atoms with Crippen molar-refractivity contribution in [3.05, 3.63) is 65.0 Å². The van der Waals surface area contributed by atoms with Crippen LogP contribution in [0.15, 0.2) is 42.5 Å². The number of benzene rings is 2. The van der Waals surface area contributed by atoms with E-state index < -0.39 is 38.2 Å². The number of hydrogen-bond donors (Lipinski definition) is 1. The molecule has 2 aromatic carbocycles. The molecule has 0 amide bonds. The van der Waals surface area contributed by atoms with Crippen molar-refractivity contribution >= 4 is 10.1 Å². The summed E-state index contributed by atoms with van der Waals surface area (Å²) in [5.41, 5.74) is -5.44. The molecule has 1 aliphatic carbocycles. The molecule has 0 spiro atoms. The van der Waals surface area contributed by atoms with Crippen molar-refractivity contribution in [3.8, 4) is 5.75 Å². The summed E-state index contributed by atoms with van der Waals surface area (Å²) in [6.45, 7) is 6.20. The summed E-state index contributed by atoms with van der Waals surface area (Å²) in [7, 11) is -5.95. The minimum atomic E-state index is -5.95. The van der Waals surface area contributed by atoms with E-state index in [0.29, 0.717) is 56.3 Å². The standard InChI is InChI=1S/C27H33F4NO4S/c1-3-26(33,4-2)21-9-7-20(8-10-21)25(11-13-32(14-12-25)18-19-5-6-19)22-15-23(28)17-24(16-22)36-37(34,35)27(29,30)31/h7-10,15-17,19,33H,3-6,11-14,18H2,1-2H3. The Labute approximate surface area is 215 Å². The fourth-order valence-corrected chi connectivity index (χ4v) is 5.79. The lowest BCUT2D eigenvalue weighted by molar-refractivity contribution is -0.0500. The van der Waals surface area contributed by atoms with Crippen LogP contribution in [0.25, 0.3) is 0 Å². The highest BCUT2D eigenvalue weighted by Gasteiger charge is 2.49. The first-order valence-corrected chi connectivity index (χ1v) is 14.1. The predicted molar refractivity (Wildman–Crippen MR) is 132 cm³/mol. The molecule has 4 rings (SSSR count). The zero-order chi connectivity index (χ0) is 27.1. The van der Waals surface area contributed by atoms with Crippen LogP contribution < -0.4 is 4.18 Å². The molecular weight excluding hydrogens is 510 g/mol. The first kappa shape index (κ1) is 27.9. The lowest BCUT2D eigenvalue weighted by Crippen LogP contribution is -2.44. The number of aliphatic hydroxyl groups is 1. The van der Waals surface area contributed by atoms with Gasteiger partial charge < -0.3 is 14.2 Å².